The molecule has 0 aromatic carbocycles. The molecule has 4 nitrogen and oxygen atoms in total. The summed E-state index contributed by atoms with van der Waals surface area (Å²) >= 11 is 4.59. The molecule has 0 spiro atoms. The number of hydrogen-bond acceptors (Lipinski definition) is 2. The van der Waals surface area contributed by atoms with Gasteiger partial charge in [-0.05, 0) is 6.92 Å². The molecule has 0 aromatic rings. The van der Waals surface area contributed by atoms with E-state index in [1.807, 2.05) is 6.92 Å². The van der Waals surface area contributed by atoms with E-state index in [4.69, 9.17) is 11.5 Å². The van der Waals surface area contributed by atoms with Crippen LogP contribution in [0.15, 0.2) is 0 Å². The van der Waals surface area contributed by atoms with Gasteiger partial charge in [-0.15, -0.1) is 0 Å². The van der Waals surface area contributed by atoms with Crippen molar-refractivity contribution in [2.45, 2.75) is 6.92 Å². The number of nitrogens with zero attached hydrogens (tertiary/aromatic N) is 1. The zero-order valence-corrected chi connectivity index (χ0v) is 6.65. The first kappa shape index (κ1) is 9.16. The third-order valence-electron chi connectivity index (χ3n) is 1.04. The first-order chi connectivity index (χ1) is 4.57. The fraction of sp³-hybridized carbons (Fsp3) is 0.600. The molecular formula is C5H11N3OS. The number of nitrogens with two attached hydrogens (primary N) is 2. The van der Waals surface area contributed by atoms with E-state index in [1.54, 1.807) is 0 Å². The summed E-state index contributed by atoms with van der Waals surface area (Å²) in [5.74, 6) is 0. The van der Waals surface area contributed by atoms with Crippen LogP contribution in [0, 0.1) is 0 Å². The van der Waals surface area contributed by atoms with Crippen LogP contribution in [-0.4, -0.2) is 29.0 Å². The molecule has 0 unspecified atom stereocenters. The summed E-state index contributed by atoms with van der Waals surface area (Å²) in [5, 5.41) is 0. The molecule has 0 aliphatic rings. The quantitative estimate of drug-likeness (QED) is 0.557. The zero-order chi connectivity index (χ0) is 8.15. The Morgan fingerprint density at radius 1 is 1.60 bits per heavy atom. The van der Waals surface area contributed by atoms with E-state index in [0.29, 0.717) is 6.54 Å². The molecule has 0 rings (SSSR count). The van der Waals surface area contributed by atoms with Crippen LogP contribution in [0.25, 0.3) is 0 Å². The smallest absolute Gasteiger partial charge is 0.315 e. The molecule has 5 heteroatoms. The van der Waals surface area contributed by atoms with Gasteiger partial charge in [-0.1, -0.05) is 12.2 Å². The molecule has 0 saturated carbocycles. The van der Waals surface area contributed by atoms with Gasteiger partial charge in [-0.2, -0.15) is 0 Å². The standard InChI is InChI=1S/C5H11N3OS/c1-2-8(5(7)9)3-4(6)10/h2-3H2,1H3,(H2,6,10)(H2,7,9). The number of carbonyl (C=O) groups excluding carboxylic acids is 1. The Kier molecular flexibility index (Phi) is 3.71. The van der Waals surface area contributed by atoms with Gasteiger partial charge in [0.1, 0.15) is 0 Å². The molecule has 0 radical (unpaired) electrons. The fourth-order valence-electron chi connectivity index (χ4n) is 0.534. The van der Waals surface area contributed by atoms with Crippen LogP contribution in [0.4, 0.5) is 4.79 Å². The molecule has 0 fully saturated rings. The van der Waals surface area contributed by atoms with Crippen LogP contribution in [0.5, 0.6) is 0 Å². The number of likely N-dealkylation sites (N-methyl/N-ethyl adjacent to an activating group) is 1. The number of hydrogen-bond donors (Lipinski definition) is 2. The third-order valence-corrected chi connectivity index (χ3v) is 1.17. The van der Waals surface area contributed by atoms with Crippen LogP contribution in [0.3, 0.4) is 0 Å². The highest BCUT2D eigenvalue weighted by Crippen LogP contribution is 1.85. The van der Waals surface area contributed by atoms with Gasteiger partial charge in [0.15, 0.2) is 0 Å². The highest BCUT2D eigenvalue weighted by molar-refractivity contribution is 7.80. The van der Waals surface area contributed by atoms with Crippen molar-refractivity contribution in [3.05, 3.63) is 0 Å². The van der Waals surface area contributed by atoms with Gasteiger partial charge in [0.05, 0.1) is 11.5 Å². The highest BCUT2D eigenvalue weighted by Gasteiger charge is 2.06. The molecule has 0 bridgehead atoms. The molecule has 0 atom stereocenters. The van der Waals surface area contributed by atoms with Crippen molar-refractivity contribution in [1.29, 1.82) is 0 Å². The van der Waals surface area contributed by atoms with E-state index in [-0.39, 0.29) is 11.5 Å². The molecule has 0 heterocycles. The van der Waals surface area contributed by atoms with Gasteiger partial charge in [-0.25, -0.2) is 4.79 Å². The predicted molar refractivity (Wildman–Crippen MR) is 43.6 cm³/mol. The average Bonchev–Trinajstić information content (AvgIpc) is 1.81. The molecule has 4 N–H and O–H groups in total. The number of primary amides is 1. The van der Waals surface area contributed by atoms with Gasteiger partial charge in [0, 0.05) is 6.54 Å². The van der Waals surface area contributed by atoms with E-state index in [0.717, 1.165) is 0 Å². The second-order valence-electron chi connectivity index (χ2n) is 1.82. The summed E-state index contributed by atoms with van der Waals surface area (Å²) in [7, 11) is 0. The second kappa shape index (κ2) is 4.05. The van der Waals surface area contributed by atoms with Crippen molar-refractivity contribution in [2.75, 3.05) is 13.1 Å². The van der Waals surface area contributed by atoms with Crippen molar-refractivity contribution < 1.29 is 4.79 Å². The Morgan fingerprint density at radius 3 is 2.20 bits per heavy atom. The minimum Gasteiger partial charge on any atom is -0.392 e. The molecule has 0 aromatic heterocycles. The van der Waals surface area contributed by atoms with E-state index < -0.39 is 6.03 Å². The Hall–Kier alpha value is -0.840. The van der Waals surface area contributed by atoms with Gasteiger partial charge in [0.2, 0.25) is 0 Å². The van der Waals surface area contributed by atoms with Gasteiger partial charge >= 0.3 is 6.03 Å². The third kappa shape index (κ3) is 3.24. The zero-order valence-electron chi connectivity index (χ0n) is 5.83. The van der Waals surface area contributed by atoms with E-state index >= 15 is 0 Å². The Morgan fingerprint density at radius 2 is 2.10 bits per heavy atom. The first-order valence-electron chi connectivity index (χ1n) is 2.90. The monoisotopic (exact) mass is 161 g/mol. The van der Waals surface area contributed by atoms with Crippen LogP contribution in [0.2, 0.25) is 0 Å². The Bertz CT molecular complexity index is 148. The van der Waals surface area contributed by atoms with Gasteiger partial charge in [-0.3, -0.25) is 0 Å². The minimum atomic E-state index is -0.490. The maximum Gasteiger partial charge on any atom is 0.315 e. The van der Waals surface area contributed by atoms with Crippen LogP contribution < -0.4 is 11.5 Å². The second-order valence-corrected chi connectivity index (χ2v) is 2.34. The lowest BCUT2D eigenvalue weighted by atomic mass is 10.5. The predicted octanol–water partition coefficient (Wildman–Crippen LogP) is -0.327. The summed E-state index contributed by atoms with van der Waals surface area (Å²) < 4.78 is 0. The molecule has 0 aliphatic heterocycles. The normalized spacial score (nSPS) is 8.90. The molecule has 0 aliphatic carbocycles. The molecule has 2 amide bonds. The summed E-state index contributed by atoms with van der Waals surface area (Å²) in [5.41, 5.74) is 10.2. The molecule has 58 valence electrons. The lowest BCUT2D eigenvalue weighted by Gasteiger charge is -2.16. The summed E-state index contributed by atoms with van der Waals surface area (Å²) in [6.07, 6.45) is 0. The lowest BCUT2D eigenvalue weighted by Crippen LogP contribution is -2.40. The fourth-order valence-corrected chi connectivity index (χ4v) is 0.690. The van der Waals surface area contributed by atoms with Crippen molar-refractivity contribution in [3.63, 3.8) is 0 Å². The first-order valence-corrected chi connectivity index (χ1v) is 3.31. The lowest BCUT2D eigenvalue weighted by molar-refractivity contribution is 0.217. The SMILES string of the molecule is CCN(CC(N)=S)C(N)=O. The minimum absolute atomic E-state index is 0.265. The number of thiocarbonyl (C=S) groups is 1. The summed E-state index contributed by atoms with van der Waals surface area (Å²) in [6, 6.07) is -0.490. The van der Waals surface area contributed by atoms with Crippen molar-refractivity contribution in [3.8, 4) is 0 Å². The Labute approximate surface area is 65.2 Å². The number of rotatable bonds is 3. The molecule has 10 heavy (non-hydrogen) atoms. The maximum atomic E-state index is 10.5. The van der Waals surface area contributed by atoms with E-state index in [1.165, 1.54) is 4.90 Å². The molecular weight excluding hydrogens is 150 g/mol. The summed E-state index contributed by atoms with van der Waals surface area (Å²) in [6.45, 7) is 2.61. The van der Waals surface area contributed by atoms with E-state index in [9.17, 15) is 4.79 Å². The van der Waals surface area contributed by atoms with Crippen molar-refractivity contribution in [1.82, 2.24) is 4.90 Å². The Balaban J connectivity index is 3.83. The maximum absolute atomic E-state index is 10.5. The van der Waals surface area contributed by atoms with Crippen molar-refractivity contribution in [2.24, 2.45) is 11.5 Å². The van der Waals surface area contributed by atoms with Crippen LogP contribution in [0.1, 0.15) is 6.92 Å². The van der Waals surface area contributed by atoms with Gasteiger partial charge in [0.25, 0.3) is 0 Å². The largest absolute Gasteiger partial charge is 0.392 e. The highest BCUT2D eigenvalue weighted by atomic mass is 32.1. The van der Waals surface area contributed by atoms with Crippen LogP contribution >= 0.6 is 12.2 Å². The average molecular weight is 161 g/mol. The van der Waals surface area contributed by atoms with Gasteiger partial charge < -0.3 is 16.4 Å². The molecule has 0 saturated heterocycles. The number of carbonyl (C=O) groups is 1. The topological polar surface area (TPSA) is 72.3 Å². The van der Waals surface area contributed by atoms with Crippen molar-refractivity contribution >= 4 is 23.2 Å². The van der Waals surface area contributed by atoms with Crippen LogP contribution in [-0.2, 0) is 0 Å². The number of amides is 2. The number of urea groups is 1. The summed E-state index contributed by atoms with van der Waals surface area (Å²) in [4.78, 5) is 12.1. The van der Waals surface area contributed by atoms with E-state index in [2.05, 4.69) is 12.2 Å².